The zero-order valence-electron chi connectivity index (χ0n) is 17.3. The van der Waals surface area contributed by atoms with E-state index < -0.39 is 60.4 Å². The number of ether oxygens (including phenoxy) is 1. The van der Waals surface area contributed by atoms with Crippen molar-refractivity contribution in [2.24, 2.45) is 0 Å². The quantitative estimate of drug-likeness (QED) is 0.0872. The summed E-state index contributed by atoms with van der Waals surface area (Å²) in [6.45, 7) is 4.39. The van der Waals surface area contributed by atoms with Gasteiger partial charge in [0.1, 0.15) is 12.3 Å². The van der Waals surface area contributed by atoms with E-state index in [2.05, 4.69) is 25.1 Å². The molecule has 186 valence electrons. The van der Waals surface area contributed by atoms with Gasteiger partial charge in [-0.2, -0.15) is 8.62 Å². The zero-order chi connectivity index (χ0) is 25.3. The largest absolute Gasteiger partial charge is 0.490 e. The molecule has 0 radical (unpaired) electrons. The molecule has 19 heteroatoms. The maximum absolute atomic E-state index is 12.2. The first kappa shape index (κ1) is 30.8. The van der Waals surface area contributed by atoms with Crippen LogP contribution in [0.3, 0.4) is 0 Å². The van der Waals surface area contributed by atoms with Crippen LogP contribution in [0, 0.1) is 12.0 Å². The third kappa shape index (κ3) is 12.8. The molecule has 0 fully saturated rings. The summed E-state index contributed by atoms with van der Waals surface area (Å²) in [7, 11) is -16.7. The van der Waals surface area contributed by atoms with Gasteiger partial charge in [0.25, 0.3) is 0 Å². The number of urea groups is 1. The van der Waals surface area contributed by atoms with Gasteiger partial charge < -0.3 is 29.4 Å². The Labute approximate surface area is 183 Å². The number of nitrogens with zero attached hydrogens (tertiary/aromatic N) is 1. The van der Waals surface area contributed by atoms with Crippen LogP contribution in [0.4, 0.5) is 4.79 Å². The second-order valence-corrected chi connectivity index (χ2v) is 10.3. The smallest absolute Gasteiger partial charge is 0.391 e. The van der Waals surface area contributed by atoms with E-state index in [-0.39, 0.29) is 6.42 Å². The number of amides is 3. The Morgan fingerprint density at radius 3 is 2.06 bits per heavy atom. The van der Waals surface area contributed by atoms with Gasteiger partial charge in [0.05, 0.1) is 12.7 Å². The lowest BCUT2D eigenvalue weighted by Crippen LogP contribution is -2.48. The van der Waals surface area contributed by atoms with Crippen molar-refractivity contribution in [3.8, 4) is 12.0 Å². The molecule has 0 aliphatic carbocycles. The maximum atomic E-state index is 12.2. The third-order valence-corrected chi connectivity index (χ3v) is 6.91. The number of rotatable bonds is 12. The van der Waals surface area contributed by atoms with Gasteiger partial charge in [0, 0.05) is 12.5 Å². The SMILES string of the molecule is CC#CN(C(=O)NC(=O)CC)C(C)OC(COP(=O)(O)OP(=O)(O)OP(=O)(O)O)C(C)O. The van der Waals surface area contributed by atoms with E-state index in [1.807, 2.05) is 5.32 Å². The molecule has 16 nitrogen and oxygen atoms in total. The molecular weight excluding hydrogens is 501 g/mol. The topological polar surface area (TPSA) is 239 Å². The van der Waals surface area contributed by atoms with Crippen LogP contribution in [0.5, 0.6) is 0 Å². The average molecular weight is 526 g/mol. The van der Waals surface area contributed by atoms with Crippen molar-refractivity contribution in [3.05, 3.63) is 0 Å². The fourth-order valence-electron chi connectivity index (χ4n) is 1.77. The first-order chi connectivity index (χ1) is 14.4. The van der Waals surface area contributed by atoms with Crippen LogP contribution in [-0.2, 0) is 36.4 Å². The van der Waals surface area contributed by atoms with Crippen LogP contribution in [0.2, 0.25) is 0 Å². The minimum absolute atomic E-state index is 0.00470. The molecule has 0 spiro atoms. The molecule has 6 N–H and O–H groups in total. The van der Waals surface area contributed by atoms with Crippen LogP contribution in [-0.4, -0.2) is 66.6 Å². The Hall–Kier alpha value is -1.17. The van der Waals surface area contributed by atoms with Crippen LogP contribution in [0.25, 0.3) is 0 Å². The highest BCUT2D eigenvalue weighted by Crippen LogP contribution is 2.66. The molecule has 0 saturated carbocycles. The van der Waals surface area contributed by atoms with E-state index in [0.717, 1.165) is 4.90 Å². The zero-order valence-corrected chi connectivity index (χ0v) is 20.0. The monoisotopic (exact) mass is 526 g/mol. The predicted molar refractivity (Wildman–Crippen MR) is 105 cm³/mol. The van der Waals surface area contributed by atoms with Gasteiger partial charge in [-0.3, -0.25) is 14.6 Å². The lowest BCUT2D eigenvalue weighted by atomic mass is 10.2. The Bertz CT molecular complexity index is 862. The van der Waals surface area contributed by atoms with Crippen molar-refractivity contribution in [3.63, 3.8) is 0 Å². The Morgan fingerprint density at radius 1 is 1.06 bits per heavy atom. The van der Waals surface area contributed by atoms with Crippen LogP contribution < -0.4 is 5.32 Å². The highest BCUT2D eigenvalue weighted by atomic mass is 31.3. The highest BCUT2D eigenvalue weighted by molar-refractivity contribution is 7.66. The lowest BCUT2D eigenvalue weighted by molar-refractivity contribution is -0.122. The molecule has 0 bridgehead atoms. The van der Waals surface area contributed by atoms with E-state index in [0.29, 0.717) is 0 Å². The van der Waals surface area contributed by atoms with Crippen LogP contribution in [0.1, 0.15) is 34.1 Å². The number of hydrogen-bond acceptors (Lipinski definition) is 10. The molecule has 5 unspecified atom stereocenters. The fraction of sp³-hybridized carbons (Fsp3) is 0.692. The van der Waals surface area contributed by atoms with Gasteiger partial charge in [-0.25, -0.2) is 23.4 Å². The van der Waals surface area contributed by atoms with Gasteiger partial charge in [-0.1, -0.05) is 12.8 Å². The molecule has 0 aliphatic rings. The van der Waals surface area contributed by atoms with Crippen molar-refractivity contribution < 1.29 is 65.8 Å². The van der Waals surface area contributed by atoms with E-state index in [4.69, 9.17) is 19.4 Å². The second-order valence-electron chi connectivity index (χ2n) is 5.84. The Balaban J connectivity index is 5.27. The summed E-state index contributed by atoms with van der Waals surface area (Å²) in [5.41, 5.74) is 0. The minimum Gasteiger partial charge on any atom is -0.391 e. The van der Waals surface area contributed by atoms with Crippen LogP contribution in [0.15, 0.2) is 0 Å². The summed E-state index contributed by atoms with van der Waals surface area (Å²) in [5.74, 6) is 1.81. The number of carbonyl (C=O) groups is 2. The maximum Gasteiger partial charge on any atom is 0.490 e. The lowest BCUT2D eigenvalue weighted by Gasteiger charge is -2.29. The fourth-order valence-corrected chi connectivity index (χ4v) is 4.80. The molecule has 0 aromatic carbocycles. The van der Waals surface area contributed by atoms with Crippen molar-refractivity contribution in [1.29, 1.82) is 0 Å². The van der Waals surface area contributed by atoms with Crippen LogP contribution >= 0.6 is 23.5 Å². The number of hydrogen-bond donors (Lipinski definition) is 6. The third-order valence-electron chi connectivity index (χ3n) is 3.11. The van der Waals surface area contributed by atoms with Crippen molar-refractivity contribution in [1.82, 2.24) is 10.2 Å². The Kier molecular flexibility index (Phi) is 12.4. The standard InChI is InChI=1S/C13H25N2O14P3/c1-5-7-15(13(18)14-12(17)6-2)10(4)27-11(9(3)16)8-26-31(22,23)29-32(24,25)28-30(19,20)21/h9-11,16H,6,8H2,1-4H3,(H,22,23)(H,24,25)(H,14,17,18)(H2,19,20,21). The number of imide groups is 1. The van der Waals surface area contributed by atoms with Gasteiger partial charge in [-0.05, 0) is 20.8 Å². The van der Waals surface area contributed by atoms with E-state index in [1.54, 1.807) is 0 Å². The van der Waals surface area contributed by atoms with Gasteiger partial charge in [0.15, 0.2) is 0 Å². The summed E-state index contributed by atoms with van der Waals surface area (Å²) < 4.78 is 50.7. The number of phosphoric acid groups is 3. The van der Waals surface area contributed by atoms with Gasteiger partial charge in [0.2, 0.25) is 5.91 Å². The van der Waals surface area contributed by atoms with Gasteiger partial charge in [-0.15, -0.1) is 0 Å². The number of phosphoric ester groups is 1. The first-order valence-electron chi connectivity index (χ1n) is 8.60. The molecule has 32 heavy (non-hydrogen) atoms. The second kappa shape index (κ2) is 12.9. The number of aliphatic hydroxyl groups is 1. The summed E-state index contributed by atoms with van der Waals surface area (Å²) in [6.07, 6.45) is -4.09. The minimum atomic E-state index is -5.72. The van der Waals surface area contributed by atoms with E-state index in [9.17, 15) is 33.3 Å². The Morgan fingerprint density at radius 2 is 1.62 bits per heavy atom. The molecule has 5 atom stereocenters. The van der Waals surface area contributed by atoms with Crippen molar-refractivity contribution in [2.75, 3.05) is 6.61 Å². The summed E-state index contributed by atoms with van der Waals surface area (Å²) in [5, 5.41) is 11.8. The number of aliphatic hydroxyl groups excluding tert-OH is 1. The van der Waals surface area contributed by atoms with E-state index in [1.165, 1.54) is 27.7 Å². The molecule has 0 aliphatic heterocycles. The van der Waals surface area contributed by atoms with E-state index >= 15 is 0 Å². The average Bonchev–Trinajstić information content (AvgIpc) is 2.59. The van der Waals surface area contributed by atoms with Crippen molar-refractivity contribution >= 4 is 35.4 Å². The highest BCUT2D eigenvalue weighted by Gasteiger charge is 2.41. The summed E-state index contributed by atoms with van der Waals surface area (Å²) in [4.78, 5) is 59.9. The number of carbonyl (C=O) groups excluding carboxylic acids is 2. The molecular formula is C13H25N2O14P3. The van der Waals surface area contributed by atoms with Crippen molar-refractivity contribution in [2.45, 2.75) is 52.6 Å². The summed E-state index contributed by atoms with van der Waals surface area (Å²) >= 11 is 0. The molecule has 0 rings (SSSR count). The molecule has 0 saturated heterocycles. The molecule has 0 aromatic heterocycles. The summed E-state index contributed by atoms with van der Waals surface area (Å²) in [6, 6.07) is 1.42. The van der Waals surface area contributed by atoms with Gasteiger partial charge >= 0.3 is 29.5 Å². The molecule has 0 aromatic rings. The molecule has 0 heterocycles. The first-order valence-corrected chi connectivity index (χ1v) is 13.1. The number of nitrogens with one attached hydrogen (secondary N) is 1. The molecule has 3 amide bonds. The normalized spacial score (nSPS) is 18.2. The predicted octanol–water partition coefficient (Wildman–Crippen LogP) is 0.371.